The lowest BCUT2D eigenvalue weighted by Gasteiger charge is -2.42. The molecule has 0 amide bonds. The molecule has 8 heteroatoms. The van der Waals surface area contributed by atoms with Gasteiger partial charge in [0, 0.05) is 22.6 Å². The van der Waals surface area contributed by atoms with Crippen LogP contribution in [-0.2, 0) is 9.47 Å². The molecular weight excluding hydrogens is 524 g/mol. The number of hydrogen-bond donors (Lipinski definition) is 0. The van der Waals surface area contributed by atoms with Crippen LogP contribution >= 0.6 is 0 Å². The van der Waals surface area contributed by atoms with Crippen molar-refractivity contribution < 1.29 is 36.6 Å². The van der Waals surface area contributed by atoms with Gasteiger partial charge in [-0.2, -0.15) is 0 Å². The van der Waals surface area contributed by atoms with E-state index in [4.69, 9.17) is 9.47 Å². The first-order valence-corrected chi connectivity index (χ1v) is 12.6. The molecule has 0 saturated heterocycles. The predicted molar refractivity (Wildman–Crippen MR) is 139 cm³/mol. The number of benzene rings is 4. The van der Waals surface area contributed by atoms with E-state index in [0.29, 0.717) is 0 Å². The Hall–Kier alpha value is -4.46. The highest BCUT2D eigenvalue weighted by Gasteiger charge is 2.50. The summed E-state index contributed by atoms with van der Waals surface area (Å²) in [7, 11) is 0. The van der Waals surface area contributed by atoms with Crippen LogP contribution in [0.5, 0.6) is 0 Å². The summed E-state index contributed by atoms with van der Waals surface area (Å²) in [4.78, 5) is 26.5. The van der Waals surface area contributed by atoms with Gasteiger partial charge in [-0.25, -0.2) is 27.2 Å². The molecule has 4 aromatic carbocycles. The molecule has 0 bridgehead atoms. The average molecular weight is 549 g/mol. The number of esters is 2. The van der Waals surface area contributed by atoms with Crippen LogP contribution in [0.1, 0.15) is 61.7 Å². The van der Waals surface area contributed by atoms with E-state index in [1.165, 1.54) is 38.1 Å². The number of carbonyl (C=O) groups excluding carboxylic acids is 2. The molecule has 204 valence electrons. The molecule has 1 aliphatic carbocycles. The Kier molecular flexibility index (Phi) is 7.43. The van der Waals surface area contributed by atoms with Crippen molar-refractivity contribution in [3.63, 3.8) is 0 Å². The summed E-state index contributed by atoms with van der Waals surface area (Å²) in [5.74, 6) is -7.67. The molecule has 0 saturated carbocycles. The number of ether oxygens (including phenoxy) is 2. The molecule has 4 atom stereocenters. The second kappa shape index (κ2) is 11.0. The number of fused-ring (bicyclic) bond motifs is 1. The zero-order chi connectivity index (χ0) is 28.6. The van der Waals surface area contributed by atoms with Gasteiger partial charge < -0.3 is 9.47 Å². The molecule has 5 rings (SSSR count). The van der Waals surface area contributed by atoms with Crippen LogP contribution in [0, 0.1) is 30.2 Å². The van der Waals surface area contributed by atoms with Crippen LogP contribution in [-0.4, -0.2) is 24.1 Å². The van der Waals surface area contributed by atoms with Crippen molar-refractivity contribution in [1.29, 1.82) is 0 Å². The molecular formula is C32H24F4O4. The van der Waals surface area contributed by atoms with Crippen LogP contribution in [0.2, 0.25) is 0 Å². The second-order valence-corrected chi connectivity index (χ2v) is 9.66. The van der Waals surface area contributed by atoms with Crippen LogP contribution in [0.15, 0.2) is 84.9 Å². The average Bonchev–Trinajstić information content (AvgIpc) is 2.96. The lowest BCUT2D eigenvalue weighted by molar-refractivity contribution is -0.0545. The Morgan fingerprint density at radius 2 is 1.00 bits per heavy atom. The fourth-order valence-electron chi connectivity index (χ4n) is 5.36. The van der Waals surface area contributed by atoms with Gasteiger partial charge in [0.05, 0.1) is 17.0 Å². The van der Waals surface area contributed by atoms with Crippen LogP contribution in [0.25, 0.3) is 0 Å². The van der Waals surface area contributed by atoms with E-state index in [1.54, 1.807) is 36.4 Å². The summed E-state index contributed by atoms with van der Waals surface area (Å²) in [5, 5.41) is 0. The number of carbonyl (C=O) groups is 2. The summed E-state index contributed by atoms with van der Waals surface area (Å²) < 4.78 is 73.0. The summed E-state index contributed by atoms with van der Waals surface area (Å²) in [6, 6.07) is 19.4. The zero-order valence-electron chi connectivity index (χ0n) is 21.5. The number of rotatable bonds is 5. The maximum absolute atomic E-state index is 15.6. The van der Waals surface area contributed by atoms with Crippen molar-refractivity contribution in [2.24, 2.45) is 0 Å². The molecule has 0 spiro atoms. The van der Waals surface area contributed by atoms with Crippen LogP contribution < -0.4 is 0 Å². The van der Waals surface area contributed by atoms with E-state index in [0.717, 1.165) is 24.3 Å². The fourth-order valence-corrected chi connectivity index (χ4v) is 5.36. The van der Waals surface area contributed by atoms with Gasteiger partial charge in [0.25, 0.3) is 0 Å². The van der Waals surface area contributed by atoms with Gasteiger partial charge in [0.1, 0.15) is 29.4 Å². The predicted octanol–water partition coefficient (Wildman–Crippen LogP) is 7.25. The van der Waals surface area contributed by atoms with E-state index in [-0.39, 0.29) is 33.4 Å². The standard InChI is InChI=1S/C32H24F4O4/c1-17-21(33)13-14-22(34)25(17)28-27-24(36)16-15-23(35)26(27)18(2)29(39-31(37)19-9-5-3-6-10-19)30(28)40-32(38)20-11-7-4-8-12-20/h3-16,18,28-30H,1-2H3. The van der Waals surface area contributed by atoms with Crippen molar-refractivity contribution in [2.75, 3.05) is 0 Å². The largest absolute Gasteiger partial charge is 0.454 e. The molecule has 0 aliphatic heterocycles. The Bertz CT molecular complexity index is 1570. The molecule has 0 N–H and O–H groups in total. The normalized spacial score (nSPS) is 19.9. The smallest absolute Gasteiger partial charge is 0.338 e. The van der Waals surface area contributed by atoms with Crippen molar-refractivity contribution in [2.45, 2.75) is 37.9 Å². The van der Waals surface area contributed by atoms with Crippen molar-refractivity contribution >= 4 is 11.9 Å². The van der Waals surface area contributed by atoms with Gasteiger partial charge in [-0.3, -0.25) is 0 Å². The SMILES string of the molecule is Cc1c(F)ccc(F)c1C1c2c(F)ccc(F)c2C(C)C(OC(=O)c2ccccc2)C1OC(=O)c1ccccc1. The lowest BCUT2D eigenvalue weighted by atomic mass is 9.69. The zero-order valence-corrected chi connectivity index (χ0v) is 21.5. The van der Waals surface area contributed by atoms with Crippen LogP contribution in [0.3, 0.4) is 0 Å². The maximum Gasteiger partial charge on any atom is 0.338 e. The third-order valence-corrected chi connectivity index (χ3v) is 7.30. The highest BCUT2D eigenvalue weighted by atomic mass is 19.1. The maximum atomic E-state index is 15.6. The van der Waals surface area contributed by atoms with Gasteiger partial charge in [-0.1, -0.05) is 43.3 Å². The van der Waals surface area contributed by atoms with E-state index in [2.05, 4.69) is 0 Å². The van der Waals surface area contributed by atoms with Gasteiger partial charge in [-0.05, 0) is 61.0 Å². The van der Waals surface area contributed by atoms with Crippen molar-refractivity contribution in [3.8, 4) is 0 Å². The molecule has 4 aromatic rings. The molecule has 0 heterocycles. The molecule has 0 fully saturated rings. The summed E-state index contributed by atoms with van der Waals surface area (Å²) in [5.41, 5.74) is -0.682. The number of halogens is 4. The summed E-state index contributed by atoms with van der Waals surface area (Å²) in [6.45, 7) is 2.79. The van der Waals surface area contributed by atoms with E-state index in [1.807, 2.05) is 0 Å². The van der Waals surface area contributed by atoms with Gasteiger partial charge in [0.2, 0.25) is 0 Å². The monoisotopic (exact) mass is 548 g/mol. The van der Waals surface area contributed by atoms with Crippen molar-refractivity contribution in [3.05, 3.63) is 142 Å². The second-order valence-electron chi connectivity index (χ2n) is 9.66. The topological polar surface area (TPSA) is 52.6 Å². The van der Waals surface area contributed by atoms with Crippen LogP contribution in [0.4, 0.5) is 17.6 Å². The first-order chi connectivity index (χ1) is 19.2. The lowest BCUT2D eigenvalue weighted by Crippen LogP contribution is -2.48. The Morgan fingerprint density at radius 3 is 1.52 bits per heavy atom. The van der Waals surface area contributed by atoms with E-state index < -0.39 is 59.3 Å². The van der Waals surface area contributed by atoms with Gasteiger partial charge in [-0.15, -0.1) is 0 Å². The van der Waals surface area contributed by atoms with E-state index in [9.17, 15) is 14.0 Å². The highest BCUT2D eigenvalue weighted by Crippen LogP contribution is 2.49. The number of hydrogen-bond acceptors (Lipinski definition) is 4. The molecule has 40 heavy (non-hydrogen) atoms. The molecule has 4 nitrogen and oxygen atoms in total. The third-order valence-electron chi connectivity index (χ3n) is 7.30. The first kappa shape index (κ1) is 27.1. The quantitative estimate of drug-likeness (QED) is 0.195. The minimum atomic E-state index is -1.55. The molecule has 1 aliphatic rings. The van der Waals surface area contributed by atoms with Gasteiger partial charge in [0.15, 0.2) is 6.10 Å². The molecule has 4 unspecified atom stereocenters. The highest BCUT2D eigenvalue weighted by molar-refractivity contribution is 5.90. The fraction of sp³-hybridized carbons (Fsp3) is 0.188. The summed E-state index contributed by atoms with van der Waals surface area (Å²) >= 11 is 0. The minimum absolute atomic E-state index is 0.129. The summed E-state index contributed by atoms with van der Waals surface area (Å²) in [6.07, 6.45) is -2.94. The third kappa shape index (κ3) is 4.85. The molecule has 0 radical (unpaired) electrons. The van der Waals surface area contributed by atoms with Gasteiger partial charge >= 0.3 is 11.9 Å². The first-order valence-electron chi connectivity index (χ1n) is 12.6. The Morgan fingerprint density at radius 1 is 0.575 bits per heavy atom. The molecule has 0 aromatic heterocycles. The van der Waals surface area contributed by atoms with Crippen molar-refractivity contribution in [1.82, 2.24) is 0 Å². The van der Waals surface area contributed by atoms with E-state index >= 15 is 13.2 Å². The minimum Gasteiger partial charge on any atom is -0.454 e. The Labute approximate surface area is 228 Å². The Balaban J connectivity index is 1.73.